The first-order valence-electron chi connectivity index (χ1n) is 10.1. The molecule has 2 aromatic rings. The van der Waals surface area contributed by atoms with Gasteiger partial charge in [0.25, 0.3) is 17.5 Å². The van der Waals surface area contributed by atoms with Crippen LogP contribution in [0, 0.1) is 16.0 Å². The summed E-state index contributed by atoms with van der Waals surface area (Å²) in [6.07, 6.45) is 1.43. The Morgan fingerprint density at radius 3 is 2.36 bits per heavy atom. The fourth-order valence-electron chi connectivity index (χ4n) is 2.92. The van der Waals surface area contributed by atoms with Crippen molar-refractivity contribution in [1.82, 2.24) is 10.6 Å². The molecule has 174 valence electrons. The minimum absolute atomic E-state index is 0.00973. The van der Waals surface area contributed by atoms with Crippen LogP contribution in [-0.4, -0.2) is 41.0 Å². The Labute approximate surface area is 190 Å². The van der Waals surface area contributed by atoms with E-state index in [1.165, 1.54) is 49.6 Å². The Hall–Kier alpha value is -4.21. The summed E-state index contributed by atoms with van der Waals surface area (Å²) >= 11 is 0. The second-order valence-corrected chi connectivity index (χ2v) is 7.59. The molecular formula is C23H25N3O7. The number of nitro groups is 1. The van der Waals surface area contributed by atoms with Gasteiger partial charge in [0.15, 0.2) is 0 Å². The number of aliphatic carboxylic acids is 1. The van der Waals surface area contributed by atoms with Crippen molar-refractivity contribution in [2.24, 2.45) is 5.92 Å². The zero-order chi connectivity index (χ0) is 24.5. The lowest BCUT2D eigenvalue weighted by Crippen LogP contribution is -2.45. The Kier molecular flexibility index (Phi) is 8.67. The number of carbonyl (C=O) groups is 3. The topological polar surface area (TPSA) is 148 Å². The minimum atomic E-state index is -1.21. The van der Waals surface area contributed by atoms with Crippen LogP contribution in [-0.2, 0) is 9.59 Å². The number of rotatable bonds is 10. The fourth-order valence-corrected chi connectivity index (χ4v) is 2.92. The number of methoxy groups -OCH3 is 1. The number of carbonyl (C=O) groups excluding carboxylic acids is 2. The zero-order valence-corrected chi connectivity index (χ0v) is 18.4. The maximum Gasteiger partial charge on any atom is 0.326 e. The average Bonchev–Trinajstić information content (AvgIpc) is 2.77. The van der Waals surface area contributed by atoms with Gasteiger partial charge in [-0.3, -0.25) is 19.7 Å². The molecule has 0 aliphatic carbocycles. The number of benzene rings is 2. The molecule has 0 fully saturated rings. The van der Waals surface area contributed by atoms with E-state index in [-0.39, 0.29) is 34.9 Å². The van der Waals surface area contributed by atoms with Gasteiger partial charge < -0.3 is 20.5 Å². The second kappa shape index (κ2) is 11.4. The molecule has 2 aromatic carbocycles. The lowest BCUT2D eigenvalue weighted by atomic mass is 10.0. The molecule has 1 unspecified atom stereocenters. The van der Waals surface area contributed by atoms with Crippen LogP contribution in [0.5, 0.6) is 5.75 Å². The van der Waals surface area contributed by atoms with Crippen LogP contribution in [0.1, 0.15) is 36.2 Å². The largest absolute Gasteiger partial charge is 0.497 e. The number of carboxylic acids is 1. The Bertz CT molecular complexity index is 1060. The van der Waals surface area contributed by atoms with Crippen molar-refractivity contribution in [2.75, 3.05) is 7.11 Å². The number of carboxylic acid groups (broad SMARTS) is 1. The average molecular weight is 455 g/mol. The van der Waals surface area contributed by atoms with Gasteiger partial charge in [0, 0.05) is 17.7 Å². The highest BCUT2D eigenvalue weighted by Gasteiger charge is 2.24. The third-order valence-electron chi connectivity index (χ3n) is 4.55. The third-order valence-corrected chi connectivity index (χ3v) is 4.55. The standard InChI is InChI=1S/C23H25N3O7/c1-14(2)11-20(23(29)30)25-22(28)19(13-15-5-4-6-17(12-15)26(31)32)24-21(27)16-7-9-18(33-3)10-8-16/h4-10,12-14,20H,11H2,1-3H3,(H,24,27)(H,25,28)(H,29,30)/b19-13-. The Balaban J connectivity index is 2.38. The quantitative estimate of drug-likeness (QED) is 0.283. The summed E-state index contributed by atoms with van der Waals surface area (Å²) in [6.45, 7) is 3.63. The zero-order valence-electron chi connectivity index (χ0n) is 18.4. The number of nitro benzene ring substituents is 1. The maximum absolute atomic E-state index is 12.9. The minimum Gasteiger partial charge on any atom is -0.497 e. The van der Waals surface area contributed by atoms with Gasteiger partial charge in [-0.2, -0.15) is 0 Å². The van der Waals surface area contributed by atoms with Crippen LogP contribution in [0.25, 0.3) is 6.08 Å². The smallest absolute Gasteiger partial charge is 0.326 e. The first-order chi connectivity index (χ1) is 15.6. The van der Waals surface area contributed by atoms with Crippen molar-refractivity contribution < 1.29 is 29.2 Å². The van der Waals surface area contributed by atoms with E-state index in [2.05, 4.69) is 10.6 Å². The predicted octanol–water partition coefficient (Wildman–Crippen LogP) is 2.99. The second-order valence-electron chi connectivity index (χ2n) is 7.59. The predicted molar refractivity (Wildman–Crippen MR) is 121 cm³/mol. The molecule has 0 heterocycles. The molecule has 0 spiro atoms. The lowest BCUT2D eigenvalue weighted by Gasteiger charge is -2.18. The summed E-state index contributed by atoms with van der Waals surface area (Å²) < 4.78 is 5.06. The third kappa shape index (κ3) is 7.46. The van der Waals surface area contributed by atoms with Gasteiger partial charge in [0.2, 0.25) is 0 Å². The molecule has 2 amide bonds. The molecule has 2 rings (SSSR count). The van der Waals surface area contributed by atoms with Gasteiger partial charge in [-0.25, -0.2) is 4.79 Å². The van der Waals surface area contributed by atoms with Crippen LogP contribution < -0.4 is 15.4 Å². The van der Waals surface area contributed by atoms with E-state index >= 15 is 0 Å². The number of nitrogens with one attached hydrogen (secondary N) is 2. The molecule has 10 nitrogen and oxygen atoms in total. The van der Waals surface area contributed by atoms with E-state index in [4.69, 9.17) is 4.74 Å². The van der Waals surface area contributed by atoms with Crippen LogP contribution in [0.2, 0.25) is 0 Å². The highest BCUT2D eigenvalue weighted by Crippen LogP contribution is 2.17. The van der Waals surface area contributed by atoms with Crippen LogP contribution in [0.4, 0.5) is 5.69 Å². The van der Waals surface area contributed by atoms with E-state index in [9.17, 15) is 29.6 Å². The summed E-state index contributed by atoms with van der Waals surface area (Å²) in [5, 5.41) is 25.4. The summed E-state index contributed by atoms with van der Waals surface area (Å²) in [6, 6.07) is 10.4. The highest BCUT2D eigenvalue weighted by atomic mass is 16.6. The number of hydrogen-bond donors (Lipinski definition) is 3. The van der Waals surface area contributed by atoms with Gasteiger partial charge in [0.05, 0.1) is 12.0 Å². The SMILES string of the molecule is COc1ccc(C(=O)N/C(=C\c2cccc([N+](=O)[O-])c2)C(=O)NC(CC(C)C)C(=O)O)cc1. The summed E-state index contributed by atoms with van der Waals surface area (Å²) in [5.74, 6) is -2.15. The fraction of sp³-hybridized carbons (Fsp3) is 0.261. The van der Waals surface area contributed by atoms with Gasteiger partial charge >= 0.3 is 5.97 Å². The molecule has 0 aliphatic heterocycles. The van der Waals surface area contributed by atoms with E-state index in [1.54, 1.807) is 12.1 Å². The van der Waals surface area contributed by atoms with Crippen molar-refractivity contribution in [3.8, 4) is 5.75 Å². The van der Waals surface area contributed by atoms with Crippen molar-refractivity contribution in [2.45, 2.75) is 26.3 Å². The van der Waals surface area contributed by atoms with Crippen LogP contribution in [0.3, 0.4) is 0 Å². The molecule has 3 N–H and O–H groups in total. The van der Waals surface area contributed by atoms with E-state index in [0.29, 0.717) is 5.75 Å². The number of nitrogens with zero attached hydrogens (tertiary/aromatic N) is 1. The summed E-state index contributed by atoms with van der Waals surface area (Å²) in [5.41, 5.74) is 0.0464. The number of non-ortho nitro benzene ring substituents is 1. The van der Waals surface area contributed by atoms with Crippen molar-refractivity contribution in [3.63, 3.8) is 0 Å². The summed E-state index contributed by atoms with van der Waals surface area (Å²) in [7, 11) is 1.48. The van der Waals surface area contributed by atoms with E-state index in [1.807, 2.05) is 13.8 Å². The lowest BCUT2D eigenvalue weighted by molar-refractivity contribution is -0.384. The Morgan fingerprint density at radius 2 is 1.82 bits per heavy atom. The van der Waals surface area contributed by atoms with Gasteiger partial charge in [-0.05, 0) is 48.2 Å². The molecule has 0 aliphatic rings. The number of hydrogen-bond acceptors (Lipinski definition) is 6. The van der Waals surface area contributed by atoms with Crippen LogP contribution in [0.15, 0.2) is 54.2 Å². The van der Waals surface area contributed by atoms with Gasteiger partial charge in [-0.1, -0.05) is 26.0 Å². The van der Waals surface area contributed by atoms with Crippen molar-refractivity contribution >= 4 is 29.5 Å². The molecule has 0 saturated carbocycles. The molecule has 33 heavy (non-hydrogen) atoms. The maximum atomic E-state index is 12.9. The number of ether oxygens (including phenoxy) is 1. The summed E-state index contributed by atoms with van der Waals surface area (Å²) in [4.78, 5) is 47.7. The normalized spacial score (nSPS) is 12.1. The molecule has 10 heteroatoms. The molecule has 0 saturated heterocycles. The highest BCUT2D eigenvalue weighted by molar-refractivity contribution is 6.06. The molecule has 0 aromatic heterocycles. The molecule has 0 radical (unpaired) electrons. The Morgan fingerprint density at radius 1 is 1.15 bits per heavy atom. The van der Waals surface area contributed by atoms with E-state index in [0.717, 1.165) is 0 Å². The van der Waals surface area contributed by atoms with Gasteiger partial charge in [0.1, 0.15) is 17.5 Å². The molecular weight excluding hydrogens is 430 g/mol. The van der Waals surface area contributed by atoms with Gasteiger partial charge in [-0.15, -0.1) is 0 Å². The van der Waals surface area contributed by atoms with Crippen molar-refractivity contribution in [3.05, 3.63) is 75.5 Å². The first-order valence-corrected chi connectivity index (χ1v) is 10.1. The molecule has 1 atom stereocenters. The first kappa shape index (κ1) is 25.1. The van der Waals surface area contributed by atoms with E-state index < -0.39 is 28.7 Å². The van der Waals surface area contributed by atoms with Crippen LogP contribution >= 0.6 is 0 Å². The number of amides is 2. The van der Waals surface area contributed by atoms with Crippen molar-refractivity contribution in [1.29, 1.82) is 0 Å². The molecule has 0 bridgehead atoms. The monoisotopic (exact) mass is 455 g/mol.